The van der Waals surface area contributed by atoms with Crippen molar-refractivity contribution < 1.29 is 27.4 Å². The summed E-state index contributed by atoms with van der Waals surface area (Å²) >= 11 is 6.07. The molecular formula is C18H17ClN2O6S. The first-order valence-electron chi connectivity index (χ1n) is 8.11. The van der Waals surface area contributed by atoms with Crippen LogP contribution in [-0.4, -0.2) is 34.6 Å². The molecule has 0 bridgehead atoms. The Kier molecular flexibility index (Phi) is 5.96. The number of benzene rings is 2. The summed E-state index contributed by atoms with van der Waals surface area (Å²) in [4.78, 5) is 12.0. The van der Waals surface area contributed by atoms with Gasteiger partial charge >= 0.3 is 0 Å². The molecule has 8 nitrogen and oxygen atoms in total. The number of carbonyl (C=O) groups excluding carboxylic acids is 1. The SMILES string of the molecule is COc1ccc(NS(=O)(=O)c2cc(NC(=O)C3=COCCO3)ccc2Cl)cc1. The van der Waals surface area contributed by atoms with Crippen LogP contribution < -0.4 is 14.8 Å². The molecule has 0 radical (unpaired) electrons. The Morgan fingerprint density at radius 1 is 1.11 bits per heavy atom. The number of methoxy groups -OCH3 is 1. The summed E-state index contributed by atoms with van der Waals surface area (Å²) in [6, 6.07) is 10.5. The normalized spacial score (nSPS) is 13.6. The lowest BCUT2D eigenvalue weighted by Gasteiger charge is -2.16. The average molecular weight is 425 g/mol. The molecule has 0 aromatic heterocycles. The molecule has 3 rings (SSSR count). The van der Waals surface area contributed by atoms with Gasteiger partial charge in [-0.05, 0) is 42.5 Å². The van der Waals surface area contributed by atoms with Crippen molar-refractivity contribution in [1.82, 2.24) is 0 Å². The van der Waals surface area contributed by atoms with Crippen LogP contribution in [0.3, 0.4) is 0 Å². The summed E-state index contributed by atoms with van der Waals surface area (Å²) < 4.78 is 43.1. The minimum absolute atomic E-state index is 0.00182. The van der Waals surface area contributed by atoms with Gasteiger partial charge in [0.05, 0.1) is 12.1 Å². The monoisotopic (exact) mass is 424 g/mol. The largest absolute Gasteiger partial charge is 0.497 e. The highest BCUT2D eigenvalue weighted by molar-refractivity contribution is 7.92. The summed E-state index contributed by atoms with van der Waals surface area (Å²) in [6.07, 6.45) is 1.21. The van der Waals surface area contributed by atoms with Gasteiger partial charge in [-0.25, -0.2) is 8.42 Å². The second-order valence-electron chi connectivity index (χ2n) is 5.63. The maximum Gasteiger partial charge on any atom is 0.294 e. The van der Waals surface area contributed by atoms with E-state index in [1.54, 1.807) is 24.3 Å². The number of amides is 1. The van der Waals surface area contributed by atoms with Crippen molar-refractivity contribution in [2.24, 2.45) is 0 Å². The highest BCUT2D eigenvalue weighted by atomic mass is 35.5. The Hall–Kier alpha value is -2.91. The molecule has 2 N–H and O–H groups in total. The molecule has 1 amide bonds. The van der Waals surface area contributed by atoms with Gasteiger partial charge < -0.3 is 19.5 Å². The number of halogens is 1. The van der Waals surface area contributed by atoms with E-state index in [1.807, 2.05) is 0 Å². The summed E-state index contributed by atoms with van der Waals surface area (Å²) in [5.41, 5.74) is 0.573. The number of anilines is 2. The fourth-order valence-corrected chi connectivity index (χ4v) is 3.92. The highest BCUT2D eigenvalue weighted by Gasteiger charge is 2.21. The molecule has 0 atom stereocenters. The zero-order valence-corrected chi connectivity index (χ0v) is 16.3. The van der Waals surface area contributed by atoms with Crippen molar-refractivity contribution >= 4 is 38.9 Å². The molecule has 0 fully saturated rings. The molecule has 10 heteroatoms. The third kappa shape index (κ3) is 4.68. The average Bonchev–Trinajstić information content (AvgIpc) is 2.70. The lowest BCUT2D eigenvalue weighted by molar-refractivity contribution is -0.117. The molecule has 2 aromatic carbocycles. The zero-order chi connectivity index (χ0) is 20.1. The standard InChI is InChI=1S/C18H17ClN2O6S/c1-25-14-5-2-12(3-6-14)21-28(23,24)17-10-13(4-7-15(17)19)20-18(22)16-11-26-8-9-27-16/h2-7,10-11,21H,8-9H2,1H3,(H,20,22). The fraction of sp³-hybridized carbons (Fsp3) is 0.167. The molecule has 2 aromatic rings. The Bertz CT molecular complexity index is 1010. The Morgan fingerprint density at radius 3 is 2.46 bits per heavy atom. The number of rotatable bonds is 6. The van der Waals surface area contributed by atoms with E-state index in [4.69, 9.17) is 25.8 Å². The van der Waals surface area contributed by atoms with Gasteiger partial charge in [0.2, 0.25) is 5.76 Å². The van der Waals surface area contributed by atoms with Crippen LogP contribution in [0.4, 0.5) is 11.4 Å². The molecule has 0 spiro atoms. The van der Waals surface area contributed by atoms with Gasteiger partial charge in [0.1, 0.15) is 30.1 Å². The van der Waals surface area contributed by atoms with Gasteiger partial charge in [-0.1, -0.05) is 11.6 Å². The Morgan fingerprint density at radius 2 is 1.82 bits per heavy atom. The van der Waals surface area contributed by atoms with E-state index in [-0.39, 0.29) is 28.0 Å². The van der Waals surface area contributed by atoms with Gasteiger partial charge in [-0.15, -0.1) is 0 Å². The summed E-state index contributed by atoms with van der Waals surface area (Å²) in [5.74, 6) is 0.0318. The first kappa shape index (κ1) is 19.8. The molecule has 1 aliphatic rings. The third-order valence-corrected chi connectivity index (χ3v) is 5.56. The van der Waals surface area contributed by atoms with E-state index in [0.29, 0.717) is 18.0 Å². The van der Waals surface area contributed by atoms with Crippen LogP contribution in [0.15, 0.2) is 59.4 Å². The minimum Gasteiger partial charge on any atom is -0.497 e. The Balaban J connectivity index is 1.81. The van der Waals surface area contributed by atoms with Crippen LogP contribution >= 0.6 is 11.6 Å². The van der Waals surface area contributed by atoms with Crippen molar-refractivity contribution in [3.8, 4) is 5.75 Å². The van der Waals surface area contributed by atoms with Crippen molar-refractivity contribution in [3.05, 3.63) is 59.5 Å². The summed E-state index contributed by atoms with van der Waals surface area (Å²) in [7, 11) is -2.48. The van der Waals surface area contributed by atoms with Crippen molar-refractivity contribution in [2.75, 3.05) is 30.4 Å². The lowest BCUT2D eigenvalue weighted by atomic mass is 10.3. The maximum absolute atomic E-state index is 12.7. The van der Waals surface area contributed by atoms with Gasteiger partial charge in [-0.2, -0.15) is 0 Å². The topological polar surface area (TPSA) is 103 Å². The predicted octanol–water partition coefficient (Wildman–Crippen LogP) is 2.98. The van der Waals surface area contributed by atoms with Crippen LogP contribution in [0.5, 0.6) is 5.75 Å². The van der Waals surface area contributed by atoms with Crippen LogP contribution in [-0.2, 0) is 24.3 Å². The van der Waals surface area contributed by atoms with Gasteiger partial charge in [0.15, 0.2) is 0 Å². The number of ether oxygens (including phenoxy) is 3. The molecule has 0 aliphatic carbocycles. The smallest absolute Gasteiger partial charge is 0.294 e. The van der Waals surface area contributed by atoms with E-state index in [1.165, 1.54) is 31.6 Å². The number of sulfonamides is 1. The van der Waals surface area contributed by atoms with Crippen LogP contribution in [0.1, 0.15) is 0 Å². The molecule has 1 aliphatic heterocycles. The predicted molar refractivity (Wildman–Crippen MR) is 104 cm³/mol. The first-order chi connectivity index (χ1) is 13.4. The number of nitrogens with one attached hydrogen (secondary N) is 2. The third-order valence-electron chi connectivity index (χ3n) is 3.69. The zero-order valence-electron chi connectivity index (χ0n) is 14.8. The van der Waals surface area contributed by atoms with Crippen molar-refractivity contribution in [2.45, 2.75) is 4.90 Å². The molecule has 148 valence electrons. The van der Waals surface area contributed by atoms with Gasteiger partial charge in [-0.3, -0.25) is 9.52 Å². The minimum atomic E-state index is -3.99. The molecule has 28 heavy (non-hydrogen) atoms. The molecule has 0 saturated heterocycles. The van der Waals surface area contributed by atoms with Gasteiger partial charge in [0, 0.05) is 11.4 Å². The molecule has 0 saturated carbocycles. The summed E-state index contributed by atoms with van der Waals surface area (Å²) in [5, 5.41) is 2.56. The van der Waals surface area contributed by atoms with Crippen molar-refractivity contribution in [3.63, 3.8) is 0 Å². The van der Waals surface area contributed by atoms with E-state index in [0.717, 1.165) is 0 Å². The number of carbonyl (C=O) groups is 1. The van der Waals surface area contributed by atoms with Gasteiger partial charge in [0.25, 0.3) is 15.9 Å². The molecular weight excluding hydrogens is 408 g/mol. The van der Waals surface area contributed by atoms with Crippen LogP contribution in [0, 0.1) is 0 Å². The quantitative estimate of drug-likeness (QED) is 0.739. The first-order valence-corrected chi connectivity index (χ1v) is 9.97. The van der Waals surface area contributed by atoms with E-state index >= 15 is 0 Å². The lowest BCUT2D eigenvalue weighted by Crippen LogP contribution is -2.21. The maximum atomic E-state index is 12.7. The molecule has 0 unspecified atom stereocenters. The summed E-state index contributed by atoms with van der Waals surface area (Å²) in [6.45, 7) is 0.614. The number of hydrogen-bond acceptors (Lipinski definition) is 6. The van der Waals surface area contributed by atoms with E-state index < -0.39 is 15.9 Å². The highest BCUT2D eigenvalue weighted by Crippen LogP contribution is 2.28. The second-order valence-corrected chi connectivity index (χ2v) is 7.69. The molecule has 1 heterocycles. The Labute approximate surface area is 167 Å². The number of hydrogen-bond donors (Lipinski definition) is 2. The fourth-order valence-electron chi connectivity index (χ4n) is 2.34. The van der Waals surface area contributed by atoms with Crippen LogP contribution in [0.2, 0.25) is 5.02 Å². The second kappa shape index (κ2) is 8.41. The van der Waals surface area contributed by atoms with Crippen LogP contribution in [0.25, 0.3) is 0 Å². The van der Waals surface area contributed by atoms with E-state index in [9.17, 15) is 13.2 Å². The van der Waals surface area contributed by atoms with Crippen molar-refractivity contribution in [1.29, 1.82) is 0 Å². The van der Waals surface area contributed by atoms with E-state index in [2.05, 4.69) is 10.0 Å².